The number of rotatable bonds is 2. The highest BCUT2D eigenvalue weighted by Crippen LogP contribution is 2.21. The van der Waals surface area contributed by atoms with Crippen molar-refractivity contribution in [2.75, 3.05) is 0 Å². The van der Waals surface area contributed by atoms with Crippen LogP contribution in [0.15, 0.2) is 56.3 Å². The van der Waals surface area contributed by atoms with Crippen LogP contribution in [-0.4, -0.2) is 11.8 Å². The van der Waals surface area contributed by atoms with Gasteiger partial charge in [0.05, 0.1) is 0 Å². The molecule has 0 atom stereocenters. The molecule has 8 heteroatoms. The molecule has 26 heavy (non-hydrogen) atoms. The van der Waals surface area contributed by atoms with Crippen molar-refractivity contribution in [3.63, 3.8) is 0 Å². The third kappa shape index (κ3) is 3.85. The summed E-state index contributed by atoms with van der Waals surface area (Å²) in [5, 5.41) is 2.70. The molecule has 132 valence electrons. The maximum atomic E-state index is 13.9. The summed E-state index contributed by atoms with van der Waals surface area (Å²) in [5.41, 5.74) is -0.0732. The minimum absolute atomic E-state index is 0.0606. The lowest BCUT2D eigenvalue weighted by atomic mass is 10.1. The van der Waals surface area contributed by atoms with Gasteiger partial charge in [-0.05, 0) is 36.4 Å². The predicted molar refractivity (Wildman–Crippen MR) is 93.6 cm³/mol. The number of hydrogen-bond donors (Lipinski definition) is 1. The van der Waals surface area contributed by atoms with E-state index in [0.717, 1.165) is 16.6 Å². The zero-order valence-electron chi connectivity index (χ0n) is 13.3. The van der Waals surface area contributed by atoms with Crippen LogP contribution in [0.5, 0.6) is 0 Å². The van der Waals surface area contributed by atoms with Crippen molar-refractivity contribution in [3.8, 4) is 0 Å². The molecule has 2 aromatic carbocycles. The lowest BCUT2D eigenvalue weighted by Gasteiger charge is -2.05. The van der Waals surface area contributed by atoms with Crippen LogP contribution in [0.2, 0.25) is 0 Å². The van der Waals surface area contributed by atoms with Crippen molar-refractivity contribution < 1.29 is 22.8 Å². The summed E-state index contributed by atoms with van der Waals surface area (Å²) in [6, 6.07) is 9.39. The Kier molecular flexibility index (Phi) is 4.94. The van der Waals surface area contributed by atoms with Crippen molar-refractivity contribution in [2.45, 2.75) is 6.92 Å². The second kappa shape index (κ2) is 7.17. The molecule has 0 aliphatic carbocycles. The van der Waals surface area contributed by atoms with Crippen LogP contribution >= 0.6 is 15.9 Å². The van der Waals surface area contributed by atoms with Gasteiger partial charge in [0.1, 0.15) is 22.7 Å². The molecule has 2 amide bonds. The summed E-state index contributed by atoms with van der Waals surface area (Å²) in [4.78, 5) is 27.5. The summed E-state index contributed by atoms with van der Waals surface area (Å²) in [6.45, 7) is 1.18. The first-order valence-corrected chi connectivity index (χ1v) is 8.18. The Bertz CT molecular complexity index is 1110. The van der Waals surface area contributed by atoms with E-state index < -0.39 is 23.4 Å². The zero-order valence-corrected chi connectivity index (χ0v) is 14.9. The van der Waals surface area contributed by atoms with E-state index in [-0.39, 0.29) is 16.8 Å². The Balaban J connectivity index is 2.27. The lowest BCUT2D eigenvalue weighted by molar-refractivity contribution is -0.118. The van der Waals surface area contributed by atoms with Gasteiger partial charge in [-0.25, -0.2) is 13.8 Å². The van der Waals surface area contributed by atoms with Gasteiger partial charge >= 0.3 is 0 Å². The van der Waals surface area contributed by atoms with E-state index in [1.54, 1.807) is 18.2 Å². The topological polar surface area (TPSA) is 71.7 Å². The van der Waals surface area contributed by atoms with E-state index in [1.807, 2.05) is 0 Å². The molecule has 5 nitrogen and oxygen atoms in total. The molecule has 0 aliphatic heterocycles. The van der Waals surface area contributed by atoms with Crippen molar-refractivity contribution in [1.82, 2.24) is 5.32 Å². The molecule has 3 rings (SSSR count). The second-order valence-electron chi connectivity index (χ2n) is 5.37. The predicted octanol–water partition coefficient (Wildman–Crippen LogP) is 3.98. The number of carbonyl (C=O) groups excluding carboxylic acids is 2. The molecule has 1 N–H and O–H groups in total. The van der Waals surface area contributed by atoms with Crippen LogP contribution in [0.4, 0.5) is 14.5 Å². The number of nitrogens with one attached hydrogen (secondary N) is 1. The Labute approximate surface area is 154 Å². The number of imide groups is 1. The molecule has 0 spiro atoms. The van der Waals surface area contributed by atoms with Crippen molar-refractivity contribution in [2.24, 2.45) is 4.99 Å². The van der Waals surface area contributed by atoms with Gasteiger partial charge in [-0.3, -0.25) is 14.9 Å². The molecule has 0 bridgehead atoms. The van der Waals surface area contributed by atoms with Gasteiger partial charge in [0.2, 0.25) is 11.5 Å². The Morgan fingerprint density at radius 1 is 1.12 bits per heavy atom. The smallest absolute Gasteiger partial charge is 0.263 e. The van der Waals surface area contributed by atoms with Gasteiger partial charge in [0.15, 0.2) is 5.82 Å². The van der Waals surface area contributed by atoms with Crippen LogP contribution in [0.25, 0.3) is 11.0 Å². The fourth-order valence-electron chi connectivity index (χ4n) is 2.26. The van der Waals surface area contributed by atoms with Crippen molar-refractivity contribution in [3.05, 3.63) is 69.7 Å². The van der Waals surface area contributed by atoms with Crippen LogP contribution in [0.3, 0.4) is 0 Å². The molecule has 0 aliphatic rings. The second-order valence-corrected chi connectivity index (χ2v) is 6.28. The summed E-state index contributed by atoms with van der Waals surface area (Å²) in [6.07, 6.45) is 0. The highest BCUT2D eigenvalue weighted by atomic mass is 79.9. The minimum Gasteiger partial charge on any atom is -0.438 e. The monoisotopic (exact) mass is 420 g/mol. The van der Waals surface area contributed by atoms with E-state index in [9.17, 15) is 18.4 Å². The van der Waals surface area contributed by atoms with E-state index in [2.05, 4.69) is 26.2 Å². The van der Waals surface area contributed by atoms with Gasteiger partial charge in [0.25, 0.3) is 5.91 Å². The highest BCUT2D eigenvalue weighted by molar-refractivity contribution is 9.10. The fraction of sp³-hybridized carbons (Fsp3) is 0.0556. The zero-order chi connectivity index (χ0) is 18.8. The van der Waals surface area contributed by atoms with E-state index >= 15 is 0 Å². The molecule has 0 saturated carbocycles. The molecule has 0 fully saturated rings. The average Bonchev–Trinajstić information content (AvgIpc) is 2.56. The number of hydrogen-bond acceptors (Lipinski definition) is 4. The average molecular weight is 421 g/mol. The first kappa shape index (κ1) is 17.9. The van der Waals surface area contributed by atoms with Crippen LogP contribution in [0, 0.1) is 11.6 Å². The van der Waals surface area contributed by atoms with E-state index in [0.29, 0.717) is 17.0 Å². The summed E-state index contributed by atoms with van der Waals surface area (Å²) >= 11 is 3.32. The van der Waals surface area contributed by atoms with Crippen molar-refractivity contribution >= 4 is 44.4 Å². The fourth-order valence-corrected chi connectivity index (χ4v) is 2.63. The Morgan fingerprint density at radius 3 is 2.58 bits per heavy atom. The Morgan fingerprint density at radius 2 is 1.88 bits per heavy atom. The molecule has 0 unspecified atom stereocenters. The first-order valence-electron chi connectivity index (χ1n) is 7.38. The SMILES string of the molecule is CC(=O)NC(=O)c1cc2cc(Br)ccc2oc1=Nc1ccc(F)cc1F. The maximum Gasteiger partial charge on any atom is 0.263 e. The van der Waals surface area contributed by atoms with Crippen molar-refractivity contribution in [1.29, 1.82) is 0 Å². The van der Waals surface area contributed by atoms with E-state index in [1.165, 1.54) is 13.0 Å². The molecule has 3 aromatic rings. The number of benzene rings is 2. The Hall–Kier alpha value is -2.87. The van der Waals surface area contributed by atoms with Crippen LogP contribution in [0.1, 0.15) is 17.3 Å². The molecule has 1 aromatic heterocycles. The molecular formula is C18H11BrF2N2O3. The van der Waals surface area contributed by atoms with Crippen LogP contribution in [-0.2, 0) is 4.79 Å². The first-order chi connectivity index (χ1) is 12.3. The normalized spacial score (nSPS) is 11.6. The molecular weight excluding hydrogens is 410 g/mol. The largest absolute Gasteiger partial charge is 0.438 e. The van der Waals surface area contributed by atoms with Gasteiger partial charge in [-0.2, -0.15) is 0 Å². The third-order valence-electron chi connectivity index (χ3n) is 3.37. The number of carbonyl (C=O) groups is 2. The van der Waals surface area contributed by atoms with E-state index in [4.69, 9.17) is 4.42 Å². The van der Waals surface area contributed by atoms with Gasteiger partial charge in [-0.15, -0.1) is 0 Å². The van der Waals surface area contributed by atoms with Crippen LogP contribution < -0.4 is 10.9 Å². The lowest BCUT2D eigenvalue weighted by Crippen LogP contribution is -2.32. The van der Waals surface area contributed by atoms with Gasteiger partial charge < -0.3 is 4.42 Å². The molecule has 0 saturated heterocycles. The molecule has 0 radical (unpaired) electrons. The van der Waals surface area contributed by atoms with Gasteiger partial charge in [-0.1, -0.05) is 15.9 Å². The number of amides is 2. The standard InChI is InChI=1S/C18H11BrF2N2O3/c1-9(24)22-17(25)13-7-10-6-11(19)2-5-16(10)26-18(13)23-15-4-3-12(20)8-14(15)21/h2-8H,1H3,(H,22,24,25). The number of nitrogens with zero attached hydrogens (tertiary/aromatic N) is 1. The minimum atomic E-state index is -0.908. The summed E-state index contributed by atoms with van der Waals surface area (Å²) < 4.78 is 33.4. The third-order valence-corrected chi connectivity index (χ3v) is 3.87. The summed E-state index contributed by atoms with van der Waals surface area (Å²) in [5.74, 6) is -2.97. The maximum absolute atomic E-state index is 13.9. The summed E-state index contributed by atoms with van der Waals surface area (Å²) in [7, 11) is 0. The number of fused-ring (bicyclic) bond motifs is 1. The highest BCUT2D eigenvalue weighted by Gasteiger charge is 2.15. The number of halogens is 3. The van der Waals surface area contributed by atoms with Gasteiger partial charge in [0, 0.05) is 22.8 Å². The quantitative estimate of drug-likeness (QED) is 0.681. The molecule has 1 heterocycles.